The van der Waals surface area contributed by atoms with E-state index in [0.29, 0.717) is 13.1 Å². The smallest absolute Gasteiger partial charge is 0.281 e. The highest BCUT2D eigenvalue weighted by atomic mass is 32.2. The second kappa shape index (κ2) is 8.21. The number of hydrogen-bond donors (Lipinski definition) is 1. The molecule has 1 unspecified atom stereocenters. The Labute approximate surface area is 120 Å². The average molecular weight is 313 g/mol. The van der Waals surface area contributed by atoms with E-state index in [1.165, 1.54) is 11.4 Å². The highest BCUT2D eigenvalue weighted by Crippen LogP contribution is 2.20. The Kier molecular flexibility index (Phi) is 7.28. The predicted octanol–water partition coefficient (Wildman–Crippen LogP) is 1.14. The van der Waals surface area contributed by atoms with Crippen LogP contribution >= 0.6 is 0 Å². The molecule has 1 aliphatic heterocycles. The lowest BCUT2D eigenvalue weighted by atomic mass is 10.00. The van der Waals surface area contributed by atoms with Crippen LogP contribution in [0.2, 0.25) is 0 Å². The molecule has 1 rings (SSSR count). The maximum atomic E-state index is 12.3. The molecule has 0 spiro atoms. The molecule has 8 heteroatoms. The minimum atomic E-state index is -3.76. The van der Waals surface area contributed by atoms with Gasteiger partial charge in [0.25, 0.3) is 16.6 Å². The molecule has 1 aliphatic rings. The van der Waals surface area contributed by atoms with Crippen LogP contribution in [0.4, 0.5) is 8.78 Å². The third-order valence-electron chi connectivity index (χ3n) is 3.46. The lowest BCUT2D eigenvalue weighted by molar-refractivity contribution is 0.122. The predicted molar refractivity (Wildman–Crippen MR) is 75.0 cm³/mol. The Bertz CT molecular complexity index is 379. The number of rotatable bonds is 8. The van der Waals surface area contributed by atoms with Crippen LogP contribution in [0.5, 0.6) is 0 Å². The molecule has 1 atom stereocenters. The van der Waals surface area contributed by atoms with Crippen LogP contribution in [-0.4, -0.2) is 63.2 Å². The van der Waals surface area contributed by atoms with E-state index >= 15 is 0 Å². The fourth-order valence-corrected chi connectivity index (χ4v) is 3.83. The number of halogens is 2. The molecule has 0 amide bonds. The number of alkyl halides is 2. The first kappa shape index (κ1) is 17.7. The van der Waals surface area contributed by atoms with Gasteiger partial charge < -0.3 is 5.32 Å². The Morgan fingerprint density at radius 3 is 2.75 bits per heavy atom. The summed E-state index contributed by atoms with van der Waals surface area (Å²) in [6, 6.07) is 0. The average Bonchev–Trinajstić information content (AvgIpc) is 2.38. The van der Waals surface area contributed by atoms with Crippen LogP contribution in [0.1, 0.15) is 26.2 Å². The summed E-state index contributed by atoms with van der Waals surface area (Å²) in [5.74, 6) is 0.255. The lowest BCUT2D eigenvalue weighted by Crippen LogP contribution is -2.49. The quantitative estimate of drug-likeness (QED) is 0.684. The van der Waals surface area contributed by atoms with Gasteiger partial charge in [0.15, 0.2) is 0 Å². The van der Waals surface area contributed by atoms with E-state index in [0.717, 1.165) is 36.7 Å². The van der Waals surface area contributed by atoms with Gasteiger partial charge in [0.2, 0.25) is 0 Å². The van der Waals surface area contributed by atoms with Gasteiger partial charge in [-0.2, -0.15) is 17.0 Å². The number of nitrogens with one attached hydrogen (secondary N) is 1. The highest BCUT2D eigenvalue weighted by molar-refractivity contribution is 7.86. The van der Waals surface area contributed by atoms with Gasteiger partial charge in [0.05, 0.1) is 6.54 Å². The monoisotopic (exact) mass is 313 g/mol. The molecule has 1 N–H and O–H groups in total. The highest BCUT2D eigenvalue weighted by Gasteiger charge is 2.32. The molecule has 1 saturated heterocycles. The third kappa shape index (κ3) is 5.23. The molecule has 20 heavy (non-hydrogen) atoms. The molecule has 0 aromatic heterocycles. The summed E-state index contributed by atoms with van der Waals surface area (Å²) in [6.07, 6.45) is 0.134. The second-order valence-electron chi connectivity index (χ2n) is 5.25. The van der Waals surface area contributed by atoms with Crippen molar-refractivity contribution in [3.05, 3.63) is 0 Å². The fraction of sp³-hybridized carbons (Fsp3) is 1.00. The first-order chi connectivity index (χ1) is 9.37. The van der Waals surface area contributed by atoms with E-state index in [2.05, 4.69) is 12.2 Å². The van der Waals surface area contributed by atoms with Gasteiger partial charge in [-0.05, 0) is 38.3 Å². The molecule has 0 aliphatic carbocycles. The Morgan fingerprint density at radius 1 is 1.45 bits per heavy atom. The summed E-state index contributed by atoms with van der Waals surface area (Å²) in [5.41, 5.74) is 0. The van der Waals surface area contributed by atoms with Gasteiger partial charge >= 0.3 is 0 Å². The topological polar surface area (TPSA) is 52.7 Å². The molecular weight excluding hydrogens is 288 g/mol. The minimum absolute atomic E-state index is 0.255. The number of hydrogen-bond acceptors (Lipinski definition) is 3. The van der Waals surface area contributed by atoms with Crippen molar-refractivity contribution in [2.75, 3.05) is 39.8 Å². The molecule has 1 heterocycles. The van der Waals surface area contributed by atoms with Crippen LogP contribution in [0.25, 0.3) is 0 Å². The minimum Gasteiger partial charge on any atom is -0.316 e. The number of nitrogens with zero attached hydrogens (tertiary/aromatic N) is 2. The van der Waals surface area contributed by atoms with Gasteiger partial charge in [-0.25, -0.2) is 8.78 Å². The van der Waals surface area contributed by atoms with E-state index < -0.39 is 23.2 Å². The van der Waals surface area contributed by atoms with E-state index in [1.807, 2.05) is 0 Å². The zero-order chi connectivity index (χ0) is 15.2. The van der Waals surface area contributed by atoms with Crippen molar-refractivity contribution in [2.45, 2.75) is 32.6 Å². The molecule has 0 bridgehead atoms. The van der Waals surface area contributed by atoms with Gasteiger partial charge in [-0.3, -0.25) is 0 Å². The molecule has 0 aromatic rings. The van der Waals surface area contributed by atoms with E-state index in [-0.39, 0.29) is 5.92 Å². The molecule has 1 fully saturated rings. The van der Waals surface area contributed by atoms with Crippen LogP contribution in [-0.2, 0) is 10.2 Å². The van der Waals surface area contributed by atoms with Gasteiger partial charge in [0, 0.05) is 20.1 Å². The SMILES string of the molecule is CCCNCC1CCCN(S(=O)(=O)N(C)CC(F)F)C1. The molecular formula is C12H25F2N3O2S. The van der Waals surface area contributed by atoms with Gasteiger partial charge in [-0.15, -0.1) is 0 Å². The van der Waals surface area contributed by atoms with Crippen LogP contribution in [0.15, 0.2) is 0 Å². The molecule has 120 valence electrons. The zero-order valence-electron chi connectivity index (χ0n) is 12.2. The zero-order valence-corrected chi connectivity index (χ0v) is 13.0. The van der Waals surface area contributed by atoms with E-state index in [1.54, 1.807) is 0 Å². The second-order valence-corrected chi connectivity index (χ2v) is 7.29. The molecule has 5 nitrogen and oxygen atoms in total. The Morgan fingerprint density at radius 2 is 2.15 bits per heavy atom. The molecule has 0 aromatic carbocycles. The number of piperidine rings is 1. The maximum absolute atomic E-state index is 12.3. The van der Waals surface area contributed by atoms with Crippen molar-refractivity contribution in [3.63, 3.8) is 0 Å². The van der Waals surface area contributed by atoms with Gasteiger partial charge in [-0.1, -0.05) is 6.92 Å². The van der Waals surface area contributed by atoms with E-state index in [9.17, 15) is 17.2 Å². The molecule has 0 saturated carbocycles. The standard InChI is InChI=1S/C12H25F2N3O2S/c1-3-6-15-8-11-5-4-7-17(9-11)20(18,19)16(2)10-12(13)14/h11-12,15H,3-10H2,1-2H3. The van der Waals surface area contributed by atoms with Crippen molar-refractivity contribution in [1.29, 1.82) is 0 Å². The third-order valence-corrected chi connectivity index (χ3v) is 5.38. The van der Waals surface area contributed by atoms with Crippen LogP contribution in [0.3, 0.4) is 0 Å². The summed E-state index contributed by atoms with van der Waals surface area (Å²) < 4.78 is 51.1. The maximum Gasteiger partial charge on any atom is 0.281 e. The van der Waals surface area contributed by atoms with Crippen molar-refractivity contribution < 1.29 is 17.2 Å². The molecule has 0 radical (unpaired) electrons. The first-order valence-corrected chi connectivity index (χ1v) is 8.47. The van der Waals surface area contributed by atoms with Crippen molar-refractivity contribution in [3.8, 4) is 0 Å². The summed E-state index contributed by atoms with van der Waals surface area (Å²) in [7, 11) is -2.55. The van der Waals surface area contributed by atoms with E-state index in [4.69, 9.17) is 0 Å². The largest absolute Gasteiger partial charge is 0.316 e. The van der Waals surface area contributed by atoms with Crippen LogP contribution < -0.4 is 5.32 Å². The summed E-state index contributed by atoms with van der Waals surface area (Å²) in [4.78, 5) is 0. The van der Waals surface area contributed by atoms with Crippen molar-refractivity contribution in [1.82, 2.24) is 13.9 Å². The van der Waals surface area contributed by atoms with Gasteiger partial charge in [0.1, 0.15) is 0 Å². The first-order valence-electron chi connectivity index (χ1n) is 7.08. The van der Waals surface area contributed by atoms with Crippen molar-refractivity contribution >= 4 is 10.2 Å². The summed E-state index contributed by atoms with van der Waals surface area (Å²) >= 11 is 0. The summed E-state index contributed by atoms with van der Waals surface area (Å²) in [6.45, 7) is 3.83. The Balaban J connectivity index is 2.56. The lowest BCUT2D eigenvalue weighted by Gasteiger charge is -2.34. The van der Waals surface area contributed by atoms with Crippen LogP contribution in [0, 0.1) is 5.92 Å². The normalized spacial score (nSPS) is 21.8. The summed E-state index contributed by atoms with van der Waals surface area (Å²) in [5, 5.41) is 3.28. The Hall–Kier alpha value is -0.310. The van der Waals surface area contributed by atoms with Crippen molar-refractivity contribution in [2.24, 2.45) is 5.92 Å². The fourth-order valence-electron chi connectivity index (χ4n) is 2.37.